The van der Waals surface area contributed by atoms with Gasteiger partial charge < -0.3 is 15.1 Å². The van der Waals surface area contributed by atoms with Crippen molar-refractivity contribution in [1.82, 2.24) is 15.1 Å². The Morgan fingerprint density at radius 2 is 1.67 bits per heavy atom. The summed E-state index contributed by atoms with van der Waals surface area (Å²) in [7, 11) is 0. The van der Waals surface area contributed by atoms with Crippen LogP contribution in [0.25, 0.3) is 0 Å². The van der Waals surface area contributed by atoms with Crippen LogP contribution in [0.5, 0.6) is 0 Å². The van der Waals surface area contributed by atoms with Crippen molar-refractivity contribution in [2.75, 3.05) is 32.7 Å². The number of amides is 2. The van der Waals surface area contributed by atoms with Crippen molar-refractivity contribution in [3.8, 4) is 0 Å². The van der Waals surface area contributed by atoms with Gasteiger partial charge in [-0.1, -0.05) is 25.1 Å². The first-order chi connectivity index (χ1) is 13.1. The Morgan fingerprint density at radius 1 is 1.04 bits per heavy atom. The Hall–Kier alpha value is -1.95. The SMILES string of the molecule is CCN1CCN(C(=O)C2CCC(C(=O)NCc3ccccc3F)CC2)CC1. The molecular formula is C21H30FN3O2. The van der Waals surface area contributed by atoms with Crippen LogP contribution in [-0.4, -0.2) is 54.3 Å². The summed E-state index contributed by atoms with van der Waals surface area (Å²) in [6.07, 6.45) is 3.00. The molecule has 0 atom stereocenters. The van der Waals surface area contributed by atoms with E-state index < -0.39 is 0 Å². The molecule has 1 N–H and O–H groups in total. The number of piperazine rings is 1. The molecule has 0 spiro atoms. The highest BCUT2D eigenvalue weighted by molar-refractivity contribution is 5.81. The molecule has 5 nitrogen and oxygen atoms in total. The molecule has 2 aliphatic rings. The van der Waals surface area contributed by atoms with Crippen LogP contribution in [0.2, 0.25) is 0 Å². The quantitative estimate of drug-likeness (QED) is 0.860. The molecular weight excluding hydrogens is 345 g/mol. The Balaban J connectivity index is 1.42. The summed E-state index contributed by atoms with van der Waals surface area (Å²) < 4.78 is 13.6. The van der Waals surface area contributed by atoms with Gasteiger partial charge in [0.15, 0.2) is 0 Å². The zero-order chi connectivity index (χ0) is 19.2. The average molecular weight is 375 g/mol. The van der Waals surface area contributed by atoms with Crippen LogP contribution in [-0.2, 0) is 16.1 Å². The van der Waals surface area contributed by atoms with Crippen molar-refractivity contribution >= 4 is 11.8 Å². The minimum absolute atomic E-state index is 0.0271. The van der Waals surface area contributed by atoms with Gasteiger partial charge in [0.25, 0.3) is 0 Å². The maximum absolute atomic E-state index is 13.6. The highest BCUT2D eigenvalue weighted by atomic mass is 19.1. The van der Waals surface area contributed by atoms with Gasteiger partial charge in [-0.15, -0.1) is 0 Å². The number of hydrogen-bond acceptors (Lipinski definition) is 3. The highest BCUT2D eigenvalue weighted by Gasteiger charge is 2.33. The number of benzene rings is 1. The summed E-state index contributed by atoms with van der Waals surface area (Å²) in [4.78, 5) is 29.5. The smallest absolute Gasteiger partial charge is 0.225 e. The zero-order valence-electron chi connectivity index (χ0n) is 16.1. The largest absolute Gasteiger partial charge is 0.352 e. The summed E-state index contributed by atoms with van der Waals surface area (Å²) in [5.74, 6) is -0.0847. The van der Waals surface area contributed by atoms with E-state index in [-0.39, 0.29) is 36.0 Å². The van der Waals surface area contributed by atoms with E-state index >= 15 is 0 Å². The molecule has 1 heterocycles. The second-order valence-corrected chi connectivity index (χ2v) is 7.62. The predicted octanol–water partition coefficient (Wildman–Crippen LogP) is 2.41. The second-order valence-electron chi connectivity index (χ2n) is 7.62. The lowest BCUT2D eigenvalue weighted by Crippen LogP contribution is -2.50. The summed E-state index contributed by atoms with van der Waals surface area (Å²) in [6.45, 7) is 6.94. The first-order valence-electron chi connectivity index (χ1n) is 10.1. The highest BCUT2D eigenvalue weighted by Crippen LogP contribution is 2.30. The van der Waals surface area contributed by atoms with Gasteiger partial charge in [-0.3, -0.25) is 9.59 Å². The van der Waals surface area contributed by atoms with Gasteiger partial charge in [0.1, 0.15) is 5.82 Å². The Bertz CT molecular complexity index is 651. The normalized spacial score (nSPS) is 23.9. The molecule has 1 aliphatic carbocycles. The molecule has 3 rings (SSSR count). The monoisotopic (exact) mass is 375 g/mol. The topological polar surface area (TPSA) is 52.7 Å². The van der Waals surface area contributed by atoms with Crippen molar-refractivity contribution < 1.29 is 14.0 Å². The van der Waals surface area contributed by atoms with E-state index in [1.807, 2.05) is 4.90 Å². The van der Waals surface area contributed by atoms with E-state index in [9.17, 15) is 14.0 Å². The van der Waals surface area contributed by atoms with E-state index in [4.69, 9.17) is 0 Å². The fourth-order valence-electron chi connectivity index (χ4n) is 4.11. The molecule has 0 radical (unpaired) electrons. The summed E-state index contributed by atoms with van der Waals surface area (Å²) >= 11 is 0. The lowest BCUT2D eigenvalue weighted by molar-refractivity contribution is -0.140. The molecule has 27 heavy (non-hydrogen) atoms. The van der Waals surface area contributed by atoms with Gasteiger partial charge >= 0.3 is 0 Å². The number of likely N-dealkylation sites (N-methyl/N-ethyl adjacent to an activating group) is 1. The third-order valence-electron chi connectivity index (χ3n) is 5.99. The zero-order valence-corrected chi connectivity index (χ0v) is 16.1. The van der Waals surface area contributed by atoms with Crippen molar-refractivity contribution in [2.45, 2.75) is 39.2 Å². The van der Waals surface area contributed by atoms with Gasteiger partial charge in [-0.05, 0) is 38.3 Å². The lowest BCUT2D eigenvalue weighted by atomic mass is 9.80. The van der Waals surface area contributed by atoms with E-state index in [0.717, 1.165) is 58.4 Å². The molecule has 6 heteroatoms. The standard InChI is InChI=1S/C21H30FN3O2/c1-2-24-11-13-25(14-12-24)21(27)17-9-7-16(8-10-17)20(26)23-15-18-5-3-4-6-19(18)22/h3-6,16-17H,2,7-15H2,1H3,(H,23,26). The third-order valence-corrected chi connectivity index (χ3v) is 5.99. The van der Waals surface area contributed by atoms with Crippen LogP contribution in [0.4, 0.5) is 4.39 Å². The molecule has 1 saturated carbocycles. The molecule has 2 amide bonds. The van der Waals surface area contributed by atoms with Crippen molar-refractivity contribution in [1.29, 1.82) is 0 Å². The van der Waals surface area contributed by atoms with Crippen molar-refractivity contribution in [3.63, 3.8) is 0 Å². The maximum atomic E-state index is 13.6. The number of rotatable bonds is 5. The van der Waals surface area contributed by atoms with E-state index in [0.29, 0.717) is 5.56 Å². The molecule has 148 valence electrons. The number of nitrogens with zero attached hydrogens (tertiary/aromatic N) is 2. The number of hydrogen-bond donors (Lipinski definition) is 1. The molecule has 0 unspecified atom stereocenters. The molecule has 0 aromatic heterocycles. The predicted molar refractivity (Wildman–Crippen MR) is 102 cm³/mol. The first-order valence-corrected chi connectivity index (χ1v) is 10.1. The average Bonchev–Trinajstić information content (AvgIpc) is 2.72. The molecule has 0 bridgehead atoms. The van der Waals surface area contributed by atoms with Crippen LogP contribution in [0.15, 0.2) is 24.3 Å². The van der Waals surface area contributed by atoms with Crippen molar-refractivity contribution in [2.24, 2.45) is 11.8 Å². The van der Waals surface area contributed by atoms with Gasteiger partial charge in [-0.2, -0.15) is 0 Å². The van der Waals surface area contributed by atoms with Crippen molar-refractivity contribution in [3.05, 3.63) is 35.6 Å². The molecule has 1 saturated heterocycles. The van der Waals surface area contributed by atoms with E-state index in [1.54, 1.807) is 18.2 Å². The van der Waals surface area contributed by atoms with Crippen LogP contribution in [0.3, 0.4) is 0 Å². The Kier molecular flexibility index (Phi) is 6.83. The Labute approximate surface area is 160 Å². The van der Waals surface area contributed by atoms with Crippen LogP contribution >= 0.6 is 0 Å². The third kappa shape index (κ3) is 5.06. The number of halogens is 1. The molecule has 1 aliphatic heterocycles. The molecule has 2 fully saturated rings. The van der Waals surface area contributed by atoms with Crippen LogP contribution in [0.1, 0.15) is 38.2 Å². The Morgan fingerprint density at radius 3 is 2.30 bits per heavy atom. The van der Waals surface area contributed by atoms with Gasteiger partial charge in [-0.25, -0.2) is 4.39 Å². The fraction of sp³-hybridized carbons (Fsp3) is 0.619. The summed E-state index contributed by atoms with van der Waals surface area (Å²) in [5, 5.41) is 2.85. The summed E-state index contributed by atoms with van der Waals surface area (Å²) in [6, 6.07) is 6.49. The molecule has 1 aromatic carbocycles. The number of nitrogens with one attached hydrogen (secondary N) is 1. The number of carbonyl (C=O) groups excluding carboxylic acids is 2. The number of carbonyl (C=O) groups is 2. The minimum atomic E-state index is -0.296. The lowest BCUT2D eigenvalue weighted by Gasteiger charge is -2.37. The van der Waals surface area contributed by atoms with Crippen LogP contribution < -0.4 is 5.32 Å². The minimum Gasteiger partial charge on any atom is -0.352 e. The van der Waals surface area contributed by atoms with E-state index in [2.05, 4.69) is 17.1 Å². The van der Waals surface area contributed by atoms with Gasteiger partial charge in [0.2, 0.25) is 11.8 Å². The molecule has 1 aromatic rings. The van der Waals surface area contributed by atoms with Gasteiger partial charge in [0, 0.05) is 50.1 Å². The van der Waals surface area contributed by atoms with Crippen LogP contribution in [0, 0.1) is 17.7 Å². The summed E-state index contributed by atoms with van der Waals surface area (Å²) in [5.41, 5.74) is 0.501. The fourth-order valence-corrected chi connectivity index (χ4v) is 4.11. The maximum Gasteiger partial charge on any atom is 0.225 e. The first kappa shape index (κ1) is 19.8. The second kappa shape index (κ2) is 9.31. The van der Waals surface area contributed by atoms with Gasteiger partial charge in [0.05, 0.1) is 0 Å². The van der Waals surface area contributed by atoms with E-state index in [1.165, 1.54) is 6.07 Å².